The number of aryl methyl sites for hydroxylation is 2. The number of pyridine rings is 1. The summed E-state index contributed by atoms with van der Waals surface area (Å²) in [7, 11) is -2.20. The smallest absolute Gasteiger partial charge is 0.350 e. The second-order valence-electron chi connectivity index (χ2n) is 9.48. The fraction of sp³-hybridized carbons (Fsp3) is 0.520. The number of ether oxygens (including phenoxy) is 1. The molecule has 4 rings (SSSR count). The fourth-order valence-electron chi connectivity index (χ4n) is 5.29. The van der Waals surface area contributed by atoms with E-state index >= 15 is 0 Å². The molecular formula is C25H33N3O6S. The minimum atomic E-state index is -3.74. The second-order valence-corrected chi connectivity index (χ2v) is 11.4. The van der Waals surface area contributed by atoms with E-state index in [1.165, 1.54) is 17.7 Å². The van der Waals surface area contributed by atoms with Crippen LogP contribution in [-0.2, 0) is 19.5 Å². The Bertz CT molecular complexity index is 1130. The molecule has 2 aromatic rings. The van der Waals surface area contributed by atoms with E-state index in [0.29, 0.717) is 29.3 Å². The number of carbonyl (C=O) groups is 1. The van der Waals surface area contributed by atoms with Crippen LogP contribution in [0.5, 0.6) is 5.75 Å². The molecule has 0 radical (unpaired) electrons. The monoisotopic (exact) mass is 503 g/mol. The molecule has 2 fully saturated rings. The first kappa shape index (κ1) is 25.6. The lowest BCUT2D eigenvalue weighted by molar-refractivity contribution is -0.188. The maximum atomic E-state index is 13.4. The van der Waals surface area contributed by atoms with Crippen LogP contribution >= 0.6 is 0 Å². The first-order chi connectivity index (χ1) is 16.7. The van der Waals surface area contributed by atoms with Crippen LogP contribution in [0.3, 0.4) is 0 Å². The number of nitrogens with one attached hydrogen (secondary N) is 1. The number of sulfone groups is 1. The van der Waals surface area contributed by atoms with E-state index in [9.17, 15) is 18.3 Å². The highest BCUT2D eigenvalue weighted by Crippen LogP contribution is 2.36. The Hall–Kier alpha value is -2.53. The summed E-state index contributed by atoms with van der Waals surface area (Å²) >= 11 is 0. The van der Waals surface area contributed by atoms with Crippen molar-refractivity contribution in [2.45, 2.75) is 62.7 Å². The van der Waals surface area contributed by atoms with Crippen LogP contribution in [-0.4, -0.2) is 61.3 Å². The zero-order valence-electron chi connectivity index (χ0n) is 20.3. The Morgan fingerprint density at radius 3 is 2.37 bits per heavy atom. The normalized spacial score (nSPS) is 25.5. The molecule has 190 valence electrons. The number of aromatic nitrogens is 1. The van der Waals surface area contributed by atoms with Crippen molar-refractivity contribution < 1.29 is 27.9 Å². The van der Waals surface area contributed by atoms with Gasteiger partial charge in [-0.3, -0.25) is 15.1 Å². The molecule has 0 bridgehead atoms. The predicted octanol–water partition coefficient (Wildman–Crippen LogP) is 3.03. The Balaban J connectivity index is 1.46. The van der Waals surface area contributed by atoms with Gasteiger partial charge in [-0.25, -0.2) is 13.2 Å². The van der Waals surface area contributed by atoms with E-state index < -0.39 is 28.2 Å². The third kappa shape index (κ3) is 5.83. The van der Waals surface area contributed by atoms with Crippen molar-refractivity contribution in [1.29, 1.82) is 0 Å². The van der Waals surface area contributed by atoms with Crippen LogP contribution in [0.4, 0.5) is 0 Å². The van der Waals surface area contributed by atoms with Crippen LogP contribution in [0.2, 0.25) is 0 Å². The van der Waals surface area contributed by atoms with Gasteiger partial charge in [0.25, 0.3) is 0 Å². The molecule has 0 amide bonds. The number of rotatable bonds is 8. The van der Waals surface area contributed by atoms with E-state index in [1.54, 1.807) is 26.0 Å². The van der Waals surface area contributed by atoms with Gasteiger partial charge < -0.3 is 9.84 Å². The Morgan fingerprint density at radius 1 is 1.17 bits per heavy atom. The van der Waals surface area contributed by atoms with Gasteiger partial charge in [-0.1, -0.05) is 0 Å². The first-order valence-corrected chi connectivity index (χ1v) is 13.5. The van der Waals surface area contributed by atoms with Crippen molar-refractivity contribution in [1.82, 2.24) is 15.4 Å². The fourth-order valence-corrected chi connectivity index (χ4v) is 7.24. The quantitative estimate of drug-likeness (QED) is 0.560. The summed E-state index contributed by atoms with van der Waals surface area (Å²) in [5.74, 6) is -0.103. The van der Waals surface area contributed by atoms with Crippen molar-refractivity contribution in [2.24, 2.45) is 5.92 Å². The lowest BCUT2D eigenvalue weighted by Crippen LogP contribution is -2.45. The molecule has 0 spiro atoms. The minimum absolute atomic E-state index is 0.247. The van der Waals surface area contributed by atoms with E-state index in [1.807, 2.05) is 12.4 Å². The number of aliphatic carboxylic acids is 1. The Labute approximate surface area is 206 Å². The molecule has 1 saturated heterocycles. The predicted molar refractivity (Wildman–Crippen MR) is 130 cm³/mol. The number of hydroxylamine groups is 2. The molecule has 1 aromatic heterocycles. The molecule has 35 heavy (non-hydrogen) atoms. The third-order valence-corrected chi connectivity index (χ3v) is 9.00. The minimum Gasteiger partial charge on any atom is -0.497 e. The van der Waals surface area contributed by atoms with Gasteiger partial charge in [-0.15, -0.1) is 0 Å². The Morgan fingerprint density at radius 2 is 1.80 bits per heavy atom. The number of nitrogens with zero attached hydrogens (tertiary/aromatic N) is 2. The lowest BCUT2D eigenvalue weighted by atomic mass is 9.79. The summed E-state index contributed by atoms with van der Waals surface area (Å²) in [5.41, 5.74) is 2.48. The maximum Gasteiger partial charge on any atom is 0.350 e. The summed E-state index contributed by atoms with van der Waals surface area (Å²) in [4.78, 5) is 21.6. The number of benzene rings is 1. The molecule has 2 heterocycles. The molecule has 2 N–H and O–H groups in total. The van der Waals surface area contributed by atoms with Gasteiger partial charge in [0, 0.05) is 18.9 Å². The van der Waals surface area contributed by atoms with E-state index in [0.717, 1.165) is 25.7 Å². The third-order valence-electron chi connectivity index (χ3n) is 6.98. The zero-order chi connectivity index (χ0) is 25.2. The SMILES string of the molecule is COc1cc(C)c(S(=O)(=O)CC2NC(C(=O)O)ON2CC2CCC(c3ccncc3)CC2)c(C)c1. The van der Waals surface area contributed by atoms with Crippen molar-refractivity contribution >= 4 is 15.8 Å². The summed E-state index contributed by atoms with van der Waals surface area (Å²) in [6, 6.07) is 7.50. The average molecular weight is 504 g/mol. The lowest BCUT2D eigenvalue weighted by Gasteiger charge is -2.32. The van der Waals surface area contributed by atoms with Crippen molar-refractivity contribution in [3.8, 4) is 5.75 Å². The molecular weight excluding hydrogens is 470 g/mol. The molecule has 1 aliphatic carbocycles. The van der Waals surface area contributed by atoms with Gasteiger partial charge in [0.15, 0.2) is 9.84 Å². The van der Waals surface area contributed by atoms with Crippen LogP contribution in [0.15, 0.2) is 41.6 Å². The second kappa shape index (κ2) is 10.6. The highest BCUT2D eigenvalue weighted by Gasteiger charge is 2.41. The molecule has 2 atom stereocenters. The summed E-state index contributed by atoms with van der Waals surface area (Å²) in [6.45, 7) is 3.95. The zero-order valence-corrected chi connectivity index (χ0v) is 21.1. The van der Waals surface area contributed by atoms with Gasteiger partial charge >= 0.3 is 5.97 Å². The molecule has 2 aliphatic rings. The van der Waals surface area contributed by atoms with Gasteiger partial charge in [-0.05, 0) is 92.3 Å². The van der Waals surface area contributed by atoms with Crippen LogP contribution in [0, 0.1) is 19.8 Å². The molecule has 10 heteroatoms. The Kier molecular flexibility index (Phi) is 7.75. The highest BCUT2D eigenvalue weighted by atomic mass is 32.2. The van der Waals surface area contributed by atoms with Gasteiger partial charge in [-0.2, -0.15) is 5.06 Å². The van der Waals surface area contributed by atoms with Crippen LogP contribution < -0.4 is 10.1 Å². The molecule has 1 aliphatic heterocycles. The topological polar surface area (TPSA) is 118 Å². The molecule has 2 unspecified atom stereocenters. The van der Waals surface area contributed by atoms with Gasteiger partial charge in [0.05, 0.1) is 17.8 Å². The summed E-state index contributed by atoms with van der Waals surface area (Å²) in [5, 5.41) is 13.9. The van der Waals surface area contributed by atoms with Crippen molar-refractivity contribution in [3.63, 3.8) is 0 Å². The van der Waals surface area contributed by atoms with Crippen LogP contribution in [0.1, 0.15) is 48.3 Å². The van der Waals surface area contributed by atoms with Crippen molar-refractivity contribution in [2.75, 3.05) is 19.4 Å². The van der Waals surface area contributed by atoms with E-state index in [4.69, 9.17) is 9.57 Å². The standard InChI is InChI=1S/C25H33N3O6S/c1-16-12-21(33-3)13-17(2)23(16)35(31,32)15-22-27-24(25(29)30)34-28(22)14-18-4-6-19(7-5-18)20-8-10-26-11-9-20/h8-13,18-19,22,24,27H,4-7,14-15H2,1-3H3,(H,29,30). The highest BCUT2D eigenvalue weighted by molar-refractivity contribution is 7.91. The van der Waals surface area contributed by atoms with Gasteiger partial charge in [0.2, 0.25) is 6.23 Å². The molecule has 1 saturated carbocycles. The maximum absolute atomic E-state index is 13.4. The molecule has 1 aromatic carbocycles. The largest absolute Gasteiger partial charge is 0.497 e. The number of carboxylic acid groups (broad SMARTS) is 1. The summed E-state index contributed by atoms with van der Waals surface area (Å²) < 4.78 is 32.1. The van der Waals surface area contributed by atoms with Crippen LogP contribution in [0.25, 0.3) is 0 Å². The van der Waals surface area contributed by atoms with Crippen molar-refractivity contribution in [3.05, 3.63) is 53.3 Å². The average Bonchev–Trinajstić information content (AvgIpc) is 3.21. The summed E-state index contributed by atoms with van der Waals surface area (Å²) in [6.07, 6.45) is 5.54. The number of hydrogen-bond donors (Lipinski definition) is 2. The first-order valence-electron chi connectivity index (χ1n) is 11.9. The number of methoxy groups -OCH3 is 1. The van der Waals surface area contributed by atoms with E-state index in [2.05, 4.69) is 22.4 Å². The van der Waals surface area contributed by atoms with Gasteiger partial charge in [0.1, 0.15) is 11.9 Å². The van der Waals surface area contributed by atoms with E-state index in [-0.39, 0.29) is 16.6 Å². The number of hydrogen-bond acceptors (Lipinski definition) is 8. The number of carboxylic acids is 1. The molecule has 9 nitrogen and oxygen atoms in total.